The van der Waals surface area contributed by atoms with Gasteiger partial charge in [0.05, 0.1) is 5.69 Å². The molecule has 3 heteroatoms. The lowest BCUT2D eigenvalue weighted by molar-refractivity contribution is 1.02. The Balaban J connectivity index is 1.68. The fourth-order valence-electron chi connectivity index (χ4n) is 3.02. The fourth-order valence-corrected chi connectivity index (χ4v) is 3.15. The van der Waals surface area contributed by atoms with Crippen LogP contribution in [0.25, 0.3) is 22.0 Å². The number of H-pyrrole nitrogens is 1. The van der Waals surface area contributed by atoms with Crippen LogP contribution in [0.4, 0.5) is 0 Å². The average molecular weight is 333 g/mol. The Hall–Kier alpha value is -2.58. The Bertz CT molecular complexity index is 1000. The van der Waals surface area contributed by atoms with Crippen molar-refractivity contribution in [2.24, 2.45) is 0 Å². The van der Waals surface area contributed by atoms with Gasteiger partial charge < -0.3 is 4.98 Å². The number of hydrogen-bond acceptors (Lipinski definition) is 1. The van der Waals surface area contributed by atoms with Gasteiger partial charge in [-0.05, 0) is 41.5 Å². The van der Waals surface area contributed by atoms with Crippen LogP contribution in [0.2, 0.25) is 5.02 Å². The molecule has 24 heavy (non-hydrogen) atoms. The summed E-state index contributed by atoms with van der Waals surface area (Å²) in [5.41, 5.74) is 4.45. The molecule has 0 amide bonds. The number of benzene rings is 3. The van der Waals surface area contributed by atoms with Gasteiger partial charge in [-0.2, -0.15) is 0 Å². The molecule has 1 heterocycles. The normalized spacial score (nSPS) is 11.1. The third-order valence-electron chi connectivity index (χ3n) is 4.24. The second-order valence-electron chi connectivity index (χ2n) is 6.02. The summed E-state index contributed by atoms with van der Waals surface area (Å²) in [6.45, 7) is 2.07. The van der Waals surface area contributed by atoms with E-state index in [1.807, 2.05) is 24.3 Å². The molecule has 0 spiro atoms. The quantitative estimate of drug-likeness (QED) is 0.506. The van der Waals surface area contributed by atoms with Gasteiger partial charge in [0.2, 0.25) is 0 Å². The molecule has 118 valence electrons. The molecule has 1 N–H and O–H groups in total. The van der Waals surface area contributed by atoms with E-state index in [4.69, 9.17) is 16.6 Å². The van der Waals surface area contributed by atoms with Crippen molar-refractivity contribution in [2.45, 2.75) is 13.3 Å². The van der Waals surface area contributed by atoms with Crippen LogP contribution in [-0.4, -0.2) is 9.97 Å². The van der Waals surface area contributed by atoms with E-state index in [2.05, 4.69) is 54.4 Å². The summed E-state index contributed by atoms with van der Waals surface area (Å²) in [6, 6.07) is 22.8. The van der Waals surface area contributed by atoms with Gasteiger partial charge in [-0.1, -0.05) is 60.1 Å². The molecular formula is C21H17ClN2. The number of imidazole rings is 1. The van der Waals surface area contributed by atoms with E-state index in [0.29, 0.717) is 0 Å². The molecule has 0 radical (unpaired) electrons. The van der Waals surface area contributed by atoms with Crippen molar-refractivity contribution < 1.29 is 0 Å². The molecule has 0 saturated heterocycles. The number of nitrogens with one attached hydrogen (secondary N) is 1. The minimum absolute atomic E-state index is 0.756. The highest BCUT2D eigenvalue weighted by atomic mass is 35.5. The van der Waals surface area contributed by atoms with Gasteiger partial charge in [0.1, 0.15) is 5.82 Å². The van der Waals surface area contributed by atoms with E-state index in [1.165, 1.54) is 16.3 Å². The molecule has 0 aliphatic heterocycles. The van der Waals surface area contributed by atoms with Gasteiger partial charge in [-0.25, -0.2) is 4.98 Å². The van der Waals surface area contributed by atoms with Crippen LogP contribution in [0.1, 0.15) is 17.1 Å². The zero-order valence-electron chi connectivity index (χ0n) is 13.4. The van der Waals surface area contributed by atoms with Crippen LogP contribution < -0.4 is 0 Å². The third-order valence-corrected chi connectivity index (χ3v) is 4.49. The monoisotopic (exact) mass is 332 g/mol. The van der Waals surface area contributed by atoms with Crippen molar-refractivity contribution >= 4 is 22.4 Å². The highest BCUT2D eigenvalue weighted by Crippen LogP contribution is 2.26. The molecule has 1 aromatic heterocycles. The van der Waals surface area contributed by atoms with Crippen LogP contribution >= 0.6 is 11.6 Å². The van der Waals surface area contributed by atoms with Gasteiger partial charge in [0, 0.05) is 22.7 Å². The van der Waals surface area contributed by atoms with Gasteiger partial charge in [0.25, 0.3) is 0 Å². The molecule has 3 aromatic carbocycles. The summed E-state index contributed by atoms with van der Waals surface area (Å²) < 4.78 is 0. The fraction of sp³-hybridized carbons (Fsp3) is 0.0952. The van der Waals surface area contributed by atoms with E-state index >= 15 is 0 Å². The van der Waals surface area contributed by atoms with Gasteiger partial charge in [-0.3, -0.25) is 0 Å². The topological polar surface area (TPSA) is 28.7 Å². The zero-order valence-corrected chi connectivity index (χ0v) is 14.1. The lowest BCUT2D eigenvalue weighted by atomic mass is 10.0. The summed E-state index contributed by atoms with van der Waals surface area (Å²) in [4.78, 5) is 8.23. The van der Waals surface area contributed by atoms with Crippen LogP contribution in [0.3, 0.4) is 0 Å². The SMILES string of the molecule is Cc1[nH]c(Cc2ccc(Cl)cc2)nc1-c1ccc2ccccc2c1. The number of aromatic amines is 1. The molecule has 0 bridgehead atoms. The minimum atomic E-state index is 0.756. The van der Waals surface area contributed by atoms with Gasteiger partial charge in [0.15, 0.2) is 0 Å². The first-order chi connectivity index (χ1) is 11.7. The molecule has 4 aromatic rings. The second-order valence-corrected chi connectivity index (χ2v) is 6.46. The van der Waals surface area contributed by atoms with Crippen molar-refractivity contribution in [2.75, 3.05) is 0 Å². The summed E-state index contributed by atoms with van der Waals surface area (Å²) >= 11 is 5.95. The van der Waals surface area contributed by atoms with Crippen molar-refractivity contribution in [3.63, 3.8) is 0 Å². The van der Waals surface area contributed by atoms with Gasteiger partial charge in [-0.15, -0.1) is 0 Å². The highest BCUT2D eigenvalue weighted by molar-refractivity contribution is 6.30. The molecule has 0 aliphatic rings. The first kappa shape index (κ1) is 15.0. The van der Waals surface area contributed by atoms with E-state index < -0.39 is 0 Å². The Morgan fingerprint density at radius 3 is 2.46 bits per heavy atom. The number of fused-ring (bicyclic) bond motifs is 1. The molecule has 2 nitrogen and oxygen atoms in total. The van der Waals surface area contributed by atoms with E-state index in [-0.39, 0.29) is 0 Å². The zero-order chi connectivity index (χ0) is 16.5. The van der Waals surface area contributed by atoms with Crippen LogP contribution in [0.15, 0.2) is 66.7 Å². The van der Waals surface area contributed by atoms with E-state index in [1.54, 1.807) is 0 Å². The third kappa shape index (κ3) is 2.93. The first-order valence-electron chi connectivity index (χ1n) is 7.98. The largest absolute Gasteiger partial charge is 0.345 e. The molecule has 0 atom stereocenters. The first-order valence-corrected chi connectivity index (χ1v) is 8.36. The van der Waals surface area contributed by atoms with Crippen LogP contribution in [0, 0.1) is 6.92 Å². The summed E-state index contributed by atoms with van der Waals surface area (Å²) in [5.74, 6) is 0.970. The maximum Gasteiger partial charge on any atom is 0.111 e. The number of aromatic nitrogens is 2. The maximum absolute atomic E-state index is 5.95. The second kappa shape index (κ2) is 6.14. The summed E-state index contributed by atoms with van der Waals surface area (Å²) in [6.07, 6.45) is 0.769. The minimum Gasteiger partial charge on any atom is -0.345 e. The van der Waals surface area contributed by atoms with Gasteiger partial charge >= 0.3 is 0 Å². The Kier molecular flexibility index (Phi) is 3.83. The predicted molar refractivity (Wildman–Crippen MR) is 101 cm³/mol. The van der Waals surface area contributed by atoms with Crippen LogP contribution in [-0.2, 0) is 6.42 Å². The predicted octanol–water partition coefficient (Wildman–Crippen LogP) is 5.78. The van der Waals surface area contributed by atoms with Crippen LogP contribution in [0.5, 0.6) is 0 Å². The molecule has 0 saturated carbocycles. The number of hydrogen-bond donors (Lipinski definition) is 1. The molecule has 0 fully saturated rings. The van der Waals surface area contributed by atoms with E-state index in [9.17, 15) is 0 Å². The number of halogens is 1. The Labute approximate surface area is 146 Å². The average Bonchev–Trinajstić information content (AvgIpc) is 2.97. The smallest absolute Gasteiger partial charge is 0.111 e. The van der Waals surface area contributed by atoms with Crippen molar-refractivity contribution in [1.82, 2.24) is 9.97 Å². The van der Waals surface area contributed by atoms with Crippen molar-refractivity contribution in [3.8, 4) is 11.3 Å². The lowest BCUT2D eigenvalue weighted by Crippen LogP contribution is -1.90. The molecular weight excluding hydrogens is 316 g/mol. The maximum atomic E-state index is 5.95. The molecule has 4 rings (SSSR count). The molecule has 0 unspecified atom stereocenters. The van der Waals surface area contributed by atoms with Crippen molar-refractivity contribution in [3.05, 3.63) is 88.8 Å². The highest BCUT2D eigenvalue weighted by Gasteiger charge is 2.10. The standard InChI is InChI=1S/C21H17ClN2/c1-14-21(18-9-8-16-4-2-3-5-17(16)13-18)24-20(23-14)12-15-6-10-19(22)11-7-15/h2-11,13H,12H2,1H3,(H,23,24). The van der Waals surface area contributed by atoms with Crippen molar-refractivity contribution in [1.29, 1.82) is 0 Å². The Morgan fingerprint density at radius 1 is 0.917 bits per heavy atom. The molecule has 0 aliphatic carbocycles. The Morgan fingerprint density at radius 2 is 1.67 bits per heavy atom. The summed E-state index contributed by atoms with van der Waals surface area (Å²) in [7, 11) is 0. The number of aryl methyl sites for hydroxylation is 1. The van der Waals surface area contributed by atoms with E-state index in [0.717, 1.165) is 34.2 Å². The number of rotatable bonds is 3. The lowest BCUT2D eigenvalue weighted by Gasteiger charge is -2.02. The summed E-state index contributed by atoms with van der Waals surface area (Å²) in [5, 5.41) is 3.23. The number of nitrogens with zero attached hydrogens (tertiary/aromatic N) is 1.